The lowest BCUT2D eigenvalue weighted by molar-refractivity contribution is -0.137. The Labute approximate surface area is 185 Å². The van der Waals surface area contributed by atoms with Crippen LogP contribution in [-0.4, -0.2) is 48.0 Å². The molecule has 0 saturated heterocycles. The summed E-state index contributed by atoms with van der Waals surface area (Å²) in [6.07, 6.45) is -3.75. The number of ether oxygens (including phenoxy) is 2. The molecule has 0 radical (unpaired) electrons. The van der Waals surface area contributed by atoms with Crippen LogP contribution in [0.4, 0.5) is 13.2 Å². The van der Waals surface area contributed by atoms with Crippen LogP contribution in [0.2, 0.25) is 0 Å². The zero-order chi connectivity index (χ0) is 23.9. The van der Waals surface area contributed by atoms with Gasteiger partial charge in [0.15, 0.2) is 5.90 Å². The molecular formula is C23H26F3N3O3. The van der Waals surface area contributed by atoms with Crippen LogP contribution >= 0.6 is 0 Å². The van der Waals surface area contributed by atoms with Gasteiger partial charge < -0.3 is 14.4 Å². The molecule has 1 aromatic heterocycles. The fourth-order valence-corrected chi connectivity index (χ4v) is 2.96. The number of carbonyl (C=O) groups excluding carboxylic acids is 1. The number of hydrogen-bond donors (Lipinski definition) is 0. The Morgan fingerprint density at radius 2 is 1.88 bits per heavy atom. The van der Waals surface area contributed by atoms with Crippen molar-refractivity contribution in [1.82, 2.24) is 9.88 Å². The molecule has 0 fully saturated rings. The highest BCUT2D eigenvalue weighted by Crippen LogP contribution is 2.29. The van der Waals surface area contributed by atoms with Crippen molar-refractivity contribution >= 4 is 17.5 Å². The SMILES string of the molecule is C=C(N=C(C)OC)c1ccccc1C(=O)N(CC)C(C)COc1ccc(C(F)(F)F)cn1. The summed E-state index contributed by atoms with van der Waals surface area (Å²) in [5.41, 5.74) is 0.532. The average molecular weight is 449 g/mol. The summed E-state index contributed by atoms with van der Waals surface area (Å²) < 4.78 is 48.6. The van der Waals surface area contributed by atoms with Gasteiger partial charge in [-0.15, -0.1) is 0 Å². The second kappa shape index (κ2) is 10.8. The van der Waals surface area contributed by atoms with Gasteiger partial charge in [-0.25, -0.2) is 9.98 Å². The Morgan fingerprint density at radius 1 is 1.22 bits per heavy atom. The van der Waals surface area contributed by atoms with E-state index in [9.17, 15) is 18.0 Å². The van der Waals surface area contributed by atoms with Crippen molar-refractivity contribution in [1.29, 1.82) is 0 Å². The monoisotopic (exact) mass is 449 g/mol. The molecule has 0 aliphatic carbocycles. The lowest BCUT2D eigenvalue weighted by atomic mass is 10.0. The fraction of sp³-hybridized carbons (Fsp3) is 0.348. The zero-order valence-corrected chi connectivity index (χ0v) is 18.4. The molecule has 9 heteroatoms. The molecule has 1 unspecified atom stereocenters. The summed E-state index contributed by atoms with van der Waals surface area (Å²) >= 11 is 0. The number of amides is 1. The summed E-state index contributed by atoms with van der Waals surface area (Å²) in [6.45, 7) is 9.69. The van der Waals surface area contributed by atoms with Crippen molar-refractivity contribution in [3.8, 4) is 5.88 Å². The number of nitrogens with zero attached hydrogens (tertiary/aromatic N) is 3. The summed E-state index contributed by atoms with van der Waals surface area (Å²) in [4.78, 5) is 22.8. The Bertz CT molecular complexity index is 972. The Hall–Kier alpha value is -3.36. The maximum atomic E-state index is 13.3. The highest BCUT2D eigenvalue weighted by Gasteiger charge is 2.31. The summed E-state index contributed by atoms with van der Waals surface area (Å²) in [7, 11) is 1.50. The zero-order valence-electron chi connectivity index (χ0n) is 18.4. The smallest absolute Gasteiger partial charge is 0.417 e. The number of likely N-dealkylation sites (N-methyl/N-ethyl adjacent to an activating group) is 1. The Morgan fingerprint density at radius 3 is 2.41 bits per heavy atom. The molecule has 1 heterocycles. The second-order valence-electron chi connectivity index (χ2n) is 6.96. The van der Waals surface area contributed by atoms with Gasteiger partial charge in [-0.1, -0.05) is 24.8 Å². The largest absolute Gasteiger partial charge is 0.484 e. The number of hydrogen-bond acceptors (Lipinski definition) is 5. The van der Waals surface area contributed by atoms with Crippen molar-refractivity contribution in [2.24, 2.45) is 4.99 Å². The van der Waals surface area contributed by atoms with Crippen LogP contribution in [0, 0.1) is 0 Å². The van der Waals surface area contributed by atoms with Gasteiger partial charge in [0.1, 0.15) is 6.61 Å². The normalized spacial score (nSPS) is 12.8. The van der Waals surface area contributed by atoms with E-state index in [4.69, 9.17) is 9.47 Å². The molecule has 0 spiro atoms. The molecular weight excluding hydrogens is 423 g/mol. The van der Waals surface area contributed by atoms with E-state index in [1.54, 1.807) is 43.0 Å². The van der Waals surface area contributed by atoms with Crippen molar-refractivity contribution in [3.05, 3.63) is 65.9 Å². The topological polar surface area (TPSA) is 64.0 Å². The standard InChI is InChI=1S/C23H26F3N3O3/c1-6-29(15(2)14-32-21-12-11-18(13-27-21)23(24,25)26)22(30)20-10-8-7-9-19(20)16(3)28-17(4)31-5/h7-13,15H,3,6,14H2,1-2,4-5H3. The number of halogens is 3. The minimum atomic E-state index is -4.46. The first kappa shape index (κ1) is 24.9. The molecule has 0 bridgehead atoms. The van der Waals surface area contributed by atoms with Crippen LogP contribution in [-0.2, 0) is 10.9 Å². The van der Waals surface area contributed by atoms with Gasteiger partial charge in [0.2, 0.25) is 5.88 Å². The van der Waals surface area contributed by atoms with Gasteiger partial charge in [-0.05, 0) is 26.0 Å². The number of pyridine rings is 1. The molecule has 32 heavy (non-hydrogen) atoms. The molecule has 6 nitrogen and oxygen atoms in total. The predicted molar refractivity (Wildman–Crippen MR) is 117 cm³/mol. The molecule has 1 amide bonds. The summed E-state index contributed by atoms with van der Waals surface area (Å²) in [6, 6.07) is 8.66. The van der Waals surface area contributed by atoms with Crippen molar-refractivity contribution in [2.75, 3.05) is 20.3 Å². The van der Waals surface area contributed by atoms with E-state index in [1.807, 2.05) is 6.92 Å². The molecule has 1 aromatic carbocycles. The number of rotatable bonds is 8. The lowest BCUT2D eigenvalue weighted by Gasteiger charge is -2.28. The van der Waals surface area contributed by atoms with E-state index >= 15 is 0 Å². The van der Waals surface area contributed by atoms with Crippen LogP contribution in [0.15, 0.2) is 54.2 Å². The highest BCUT2D eigenvalue weighted by molar-refractivity contribution is 5.99. The predicted octanol–water partition coefficient (Wildman–Crippen LogP) is 5.07. The number of benzene rings is 1. The highest BCUT2D eigenvalue weighted by atomic mass is 19.4. The average Bonchev–Trinajstić information content (AvgIpc) is 2.77. The third-order valence-electron chi connectivity index (χ3n) is 4.73. The maximum Gasteiger partial charge on any atom is 0.417 e. The molecule has 0 aliphatic heterocycles. The van der Waals surface area contributed by atoms with Gasteiger partial charge in [0.25, 0.3) is 5.91 Å². The fourth-order valence-electron chi connectivity index (χ4n) is 2.96. The number of aliphatic imine (C=N–C) groups is 1. The first-order valence-electron chi connectivity index (χ1n) is 9.93. The minimum absolute atomic E-state index is 0.0477. The molecule has 1 atom stereocenters. The molecule has 172 valence electrons. The Kier molecular flexibility index (Phi) is 8.40. The van der Waals surface area contributed by atoms with Gasteiger partial charge in [0.05, 0.1) is 24.4 Å². The van der Waals surface area contributed by atoms with Crippen molar-refractivity contribution in [3.63, 3.8) is 0 Å². The maximum absolute atomic E-state index is 13.3. The van der Waals surface area contributed by atoms with E-state index in [2.05, 4.69) is 16.6 Å². The minimum Gasteiger partial charge on any atom is -0.484 e. The molecule has 0 aliphatic rings. The van der Waals surface area contributed by atoms with Crippen LogP contribution < -0.4 is 4.74 Å². The van der Waals surface area contributed by atoms with Crippen molar-refractivity contribution in [2.45, 2.75) is 33.0 Å². The first-order chi connectivity index (χ1) is 15.1. The molecule has 0 saturated carbocycles. The van der Waals surface area contributed by atoms with Gasteiger partial charge >= 0.3 is 6.18 Å². The van der Waals surface area contributed by atoms with E-state index in [0.717, 1.165) is 12.1 Å². The summed E-state index contributed by atoms with van der Waals surface area (Å²) in [5.74, 6) is 0.216. The molecule has 0 N–H and O–H groups in total. The van der Waals surface area contributed by atoms with Crippen LogP contribution in [0.3, 0.4) is 0 Å². The Balaban J connectivity index is 2.15. The van der Waals surface area contributed by atoms with E-state index in [-0.39, 0.29) is 24.4 Å². The molecule has 2 aromatic rings. The first-order valence-corrected chi connectivity index (χ1v) is 9.93. The van der Waals surface area contributed by atoms with Gasteiger partial charge in [-0.3, -0.25) is 4.79 Å². The van der Waals surface area contributed by atoms with Crippen LogP contribution in [0.25, 0.3) is 5.70 Å². The van der Waals surface area contributed by atoms with E-state index in [0.29, 0.717) is 35.5 Å². The lowest BCUT2D eigenvalue weighted by Crippen LogP contribution is -2.42. The number of alkyl halides is 3. The third-order valence-corrected chi connectivity index (χ3v) is 4.73. The molecule has 2 rings (SSSR count). The van der Waals surface area contributed by atoms with Crippen LogP contribution in [0.5, 0.6) is 5.88 Å². The quantitative estimate of drug-likeness (QED) is 0.417. The second-order valence-corrected chi connectivity index (χ2v) is 6.96. The number of carbonyl (C=O) groups is 1. The van der Waals surface area contributed by atoms with Crippen molar-refractivity contribution < 1.29 is 27.4 Å². The number of methoxy groups -OCH3 is 1. The van der Waals surface area contributed by atoms with E-state index in [1.165, 1.54) is 7.11 Å². The summed E-state index contributed by atoms with van der Waals surface area (Å²) in [5, 5.41) is 0. The third kappa shape index (κ3) is 6.32. The van der Waals surface area contributed by atoms with Crippen LogP contribution in [0.1, 0.15) is 42.3 Å². The van der Waals surface area contributed by atoms with Gasteiger partial charge in [-0.2, -0.15) is 13.2 Å². The van der Waals surface area contributed by atoms with E-state index < -0.39 is 11.7 Å². The van der Waals surface area contributed by atoms with Gasteiger partial charge in [0, 0.05) is 36.9 Å². The number of aromatic nitrogens is 1.